The standard InChI is InChI=1S/C14H14BrClN6O2/c15-10-1-2-11(12(16)7-10)14(24)21-5-3-20(4-6-21)13(23)8-22-9-17-18-19-22/h1-2,7,9H,3-6,8H2. The molecule has 0 radical (unpaired) electrons. The minimum absolute atomic E-state index is 0.0731. The minimum Gasteiger partial charge on any atom is -0.338 e. The highest BCUT2D eigenvalue weighted by molar-refractivity contribution is 9.10. The SMILES string of the molecule is O=C(Cn1cnnn1)N1CCN(C(=O)c2ccc(Br)cc2Cl)CC1. The first-order chi connectivity index (χ1) is 11.5. The third-order valence-corrected chi connectivity index (χ3v) is 4.58. The largest absolute Gasteiger partial charge is 0.338 e. The Morgan fingerprint density at radius 1 is 1.17 bits per heavy atom. The maximum Gasteiger partial charge on any atom is 0.255 e. The van der Waals surface area contributed by atoms with Gasteiger partial charge in [-0.05, 0) is 28.6 Å². The normalized spacial score (nSPS) is 14.8. The van der Waals surface area contributed by atoms with Crippen molar-refractivity contribution in [2.45, 2.75) is 6.54 Å². The summed E-state index contributed by atoms with van der Waals surface area (Å²) >= 11 is 9.46. The second kappa shape index (κ2) is 7.27. The van der Waals surface area contributed by atoms with Gasteiger partial charge in [0.1, 0.15) is 12.9 Å². The maximum atomic E-state index is 12.6. The van der Waals surface area contributed by atoms with Gasteiger partial charge in [0.05, 0.1) is 10.6 Å². The van der Waals surface area contributed by atoms with Gasteiger partial charge in [-0.3, -0.25) is 9.59 Å². The molecule has 1 saturated heterocycles. The van der Waals surface area contributed by atoms with Gasteiger partial charge in [0.2, 0.25) is 5.91 Å². The van der Waals surface area contributed by atoms with E-state index in [1.807, 2.05) is 0 Å². The molecule has 0 saturated carbocycles. The van der Waals surface area contributed by atoms with Crippen molar-refractivity contribution in [1.29, 1.82) is 0 Å². The molecule has 1 aromatic carbocycles. The first-order valence-electron chi connectivity index (χ1n) is 7.27. The molecule has 0 N–H and O–H groups in total. The Hall–Kier alpha value is -2.00. The summed E-state index contributed by atoms with van der Waals surface area (Å²) in [6, 6.07) is 5.18. The van der Waals surface area contributed by atoms with Crippen molar-refractivity contribution in [2.24, 2.45) is 0 Å². The first kappa shape index (κ1) is 16.8. The zero-order chi connectivity index (χ0) is 17.1. The molecular weight excluding hydrogens is 400 g/mol. The van der Waals surface area contributed by atoms with Crippen molar-refractivity contribution in [3.63, 3.8) is 0 Å². The molecule has 0 aliphatic carbocycles. The van der Waals surface area contributed by atoms with Gasteiger partial charge in [0.25, 0.3) is 5.91 Å². The lowest BCUT2D eigenvalue weighted by molar-refractivity contribution is -0.133. The monoisotopic (exact) mass is 412 g/mol. The van der Waals surface area contributed by atoms with Crippen LogP contribution in [-0.2, 0) is 11.3 Å². The number of carbonyl (C=O) groups excluding carboxylic acids is 2. The van der Waals surface area contributed by atoms with Crippen molar-refractivity contribution >= 4 is 39.3 Å². The van der Waals surface area contributed by atoms with E-state index in [1.54, 1.807) is 28.0 Å². The Morgan fingerprint density at radius 2 is 1.88 bits per heavy atom. The number of carbonyl (C=O) groups is 2. The zero-order valence-corrected chi connectivity index (χ0v) is 14.9. The summed E-state index contributed by atoms with van der Waals surface area (Å²) in [5.74, 6) is -0.198. The third-order valence-electron chi connectivity index (χ3n) is 3.77. The summed E-state index contributed by atoms with van der Waals surface area (Å²) in [6.07, 6.45) is 1.40. The number of nitrogens with zero attached hydrogens (tertiary/aromatic N) is 6. The lowest BCUT2D eigenvalue weighted by Gasteiger charge is -2.34. The fraction of sp³-hybridized carbons (Fsp3) is 0.357. The number of rotatable bonds is 3. The Bertz CT molecular complexity index is 746. The lowest BCUT2D eigenvalue weighted by Crippen LogP contribution is -2.51. The van der Waals surface area contributed by atoms with Crippen molar-refractivity contribution in [1.82, 2.24) is 30.0 Å². The van der Waals surface area contributed by atoms with E-state index in [1.165, 1.54) is 11.0 Å². The molecule has 2 heterocycles. The van der Waals surface area contributed by atoms with Crippen LogP contribution in [0.15, 0.2) is 29.0 Å². The first-order valence-corrected chi connectivity index (χ1v) is 8.44. The van der Waals surface area contributed by atoms with Crippen molar-refractivity contribution in [2.75, 3.05) is 26.2 Å². The minimum atomic E-state index is -0.125. The maximum absolute atomic E-state index is 12.6. The third kappa shape index (κ3) is 3.73. The molecule has 0 bridgehead atoms. The summed E-state index contributed by atoms with van der Waals surface area (Å²) in [4.78, 5) is 28.1. The summed E-state index contributed by atoms with van der Waals surface area (Å²) in [5, 5.41) is 11.1. The van der Waals surface area contributed by atoms with Gasteiger partial charge in [-0.15, -0.1) is 5.10 Å². The Balaban J connectivity index is 1.58. The molecule has 2 amide bonds. The molecule has 0 unspecified atom stereocenters. The highest BCUT2D eigenvalue weighted by Crippen LogP contribution is 2.23. The number of hydrogen-bond donors (Lipinski definition) is 0. The lowest BCUT2D eigenvalue weighted by atomic mass is 10.2. The molecule has 1 aliphatic heterocycles. The number of amides is 2. The fourth-order valence-electron chi connectivity index (χ4n) is 2.48. The molecule has 1 aliphatic rings. The molecule has 10 heteroatoms. The Morgan fingerprint density at radius 3 is 2.50 bits per heavy atom. The van der Waals surface area contributed by atoms with E-state index in [9.17, 15) is 9.59 Å². The highest BCUT2D eigenvalue weighted by atomic mass is 79.9. The van der Waals surface area contributed by atoms with Crippen molar-refractivity contribution < 1.29 is 9.59 Å². The Kier molecular flexibility index (Phi) is 5.10. The van der Waals surface area contributed by atoms with Gasteiger partial charge in [0, 0.05) is 30.7 Å². The van der Waals surface area contributed by atoms with Gasteiger partial charge in [-0.1, -0.05) is 27.5 Å². The van der Waals surface area contributed by atoms with Crippen molar-refractivity contribution in [3.8, 4) is 0 Å². The van der Waals surface area contributed by atoms with Crippen LogP contribution in [0.3, 0.4) is 0 Å². The van der Waals surface area contributed by atoms with Gasteiger partial charge < -0.3 is 9.80 Å². The molecule has 126 valence electrons. The van der Waals surface area contributed by atoms with Gasteiger partial charge in [0.15, 0.2) is 0 Å². The van der Waals surface area contributed by atoms with E-state index in [0.29, 0.717) is 36.8 Å². The quantitative estimate of drug-likeness (QED) is 0.752. The van der Waals surface area contributed by atoms with Gasteiger partial charge in [-0.2, -0.15) is 0 Å². The van der Waals surface area contributed by atoms with Crippen LogP contribution in [0.5, 0.6) is 0 Å². The highest BCUT2D eigenvalue weighted by Gasteiger charge is 2.26. The molecule has 0 spiro atoms. The molecule has 0 atom stereocenters. The van der Waals surface area contributed by atoms with Gasteiger partial charge >= 0.3 is 0 Å². The van der Waals surface area contributed by atoms with E-state index < -0.39 is 0 Å². The molecule has 24 heavy (non-hydrogen) atoms. The molecule has 1 aromatic heterocycles. The Labute approximate surface area is 151 Å². The van der Waals surface area contributed by atoms with Crippen LogP contribution in [0.1, 0.15) is 10.4 Å². The van der Waals surface area contributed by atoms with Crippen LogP contribution >= 0.6 is 27.5 Å². The predicted molar refractivity (Wildman–Crippen MR) is 89.5 cm³/mol. The molecular formula is C14H14BrClN6O2. The van der Waals surface area contributed by atoms with E-state index in [0.717, 1.165) is 4.47 Å². The van der Waals surface area contributed by atoms with Crippen LogP contribution in [0.4, 0.5) is 0 Å². The number of benzene rings is 1. The van der Waals surface area contributed by atoms with E-state index in [-0.39, 0.29) is 18.4 Å². The smallest absolute Gasteiger partial charge is 0.255 e. The molecule has 8 nitrogen and oxygen atoms in total. The number of aromatic nitrogens is 4. The second-order valence-corrected chi connectivity index (χ2v) is 6.63. The predicted octanol–water partition coefficient (Wildman–Crippen LogP) is 1.07. The van der Waals surface area contributed by atoms with Crippen LogP contribution in [0.25, 0.3) is 0 Å². The van der Waals surface area contributed by atoms with Crippen LogP contribution in [0.2, 0.25) is 5.02 Å². The van der Waals surface area contributed by atoms with Crippen LogP contribution in [-0.4, -0.2) is 68.0 Å². The number of piperazine rings is 1. The second-order valence-electron chi connectivity index (χ2n) is 5.30. The topological polar surface area (TPSA) is 84.2 Å². The zero-order valence-electron chi connectivity index (χ0n) is 12.6. The van der Waals surface area contributed by atoms with Gasteiger partial charge in [-0.25, -0.2) is 4.68 Å². The summed E-state index contributed by atoms with van der Waals surface area (Å²) in [7, 11) is 0. The summed E-state index contributed by atoms with van der Waals surface area (Å²) in [6.45, 7) is 1.97. The fourth-order valence-corrected chi connectivity index (χ4v) is 3.24. The average Bonchev–Trinajstić information content (AvgIpc) is 3.07. The number of halogens is 2. The summed E-state index contributed by atoms with van der Waals surface area (Å²) in [5.41, 5.74) is 0.466. The average molecular weight is 414 g/mol. The van der Waals surface area contributed by atoms with E-state index in [2.05, 4.69) is 31.5 Å². The van der Waals surface area contributed by atoms with E-state index >= 15 is 0 Å². The number of hydrogen-bond acceptors (Lipinski definition) is 5. The number of tetrazole rings is 1. The van der Waals surface area contributed by atoms with Crippen molar-refractivity contribution in [3.05, 3.63) is 39.6 Å². The summed E-state index contributed by atoms with van der Waals surface area (Å²) < 4.78 is 2.20. The van der Waals surface area contributed by atoms with E-state index in [4.69, 9.17) is 11.6 Å². The van der Waals surface area contributed by atoms with Crippen LogP contribution < -0.4 is 0 Å². The molecule has 1 fully saturated rings. The molecule has 3 rings (SSSR count). The molecule has 2 aromatic rings. The van der Waals surface area contributed by atoms with Crippen LogP contribution in [0, 0.1) is 0 Å².